The van der Waals surface area contributed by atoms with Crippen LogP contribution in [0.2, 0.25) is 0 Å². The van der Waals surface area contributed by atoms with E-state index in [9.17, 15) is 5.11 Å². The van der Waals surface area contributed by atoms with Crippen molar-refractivity contribution >= 4 is 0 Å². The molecule has 0 radical (unpaired) electrons. The number of aliphatic hydroxyl groups excluding tert-OH is 1. The molecule has 1 heterocycles. The molecule has 0 bridgehead atoms. The molecule has 0 amide bonds. The highest BCUT2D eigenvalue weighted by Crippen LogP contribution is 2.31. The molecule has 1 saturated heterocycles. The second-order valence-electron chi connectivity index (χ2n) is 5.78. The highest BCUT2D eigenvalue weighted by atomic mass is 16.7. The van der Waals surface area contributed by atoms with E-state index in [0.717, 1.165) is 16.7 Å². The molecule has 0 aliphatic carbocycles. The molecule has 1 fully saturated rings. The Kier molecular flexibility index (Phi) is 5.08. The Hall–Kier alpha value is -1.72. The normalized spacial score (nSPS) is 18.0. The predicted octanol–water partition coefficient (Wildman–Crippen LogP) is 3.16. The molecule has 2 aromatic rings. The van der Waals surface area contributed by atoms with Crippen molar-refractivity contribution in [2.45, 2.75) is 25.4 Å². The minimum Gasteiger partial charge on any atom is -0.386 e. The number of benzene rings is 2. The molecule has 3 rings (SSSR count). The van der Waals surface area contributed by atoms with Crippen LogP contribution in [0, 0.1) is 0 Å². The van der Waals surface area contributed by atoms with Gasteiger partial charge in [-0.25, -0.2) is 0 Å². The van der Waals surface area contributed by atoms with Crippen molar-refractivity contribution in [2.24, 2.45) is 0 Å². The van der Waals surface area contributed by atoms with Gasteiger partial charge in [-0.15, -0.1) is 0 Å². The Morgan fingerprint density at radius 2 is 1.70 bits per heavy atom. The highest BCUT2D eigenvalue weighted by Gasteiger charge is 2.32. The third-order valence-corrected chi connectivity index (χ3v) is 4.05. The maximum atomic E-state index is 10.2. The van der Waals surface area contributed by atoms with Crippen molar-refractivity contribution in [1.82, 2.24) is 0 Å². The highest BCUT2D eigenvalue weighted by molar-refractivity contribution is 5.27. The second-order valence-corrected chi connectivity index (χ2v) is 5.78. The first-order valence-electron chi connectivity index (χ1n) is 7.85. The van der Waals surface area contributed by atoms with Gasteiger partial charge in [0.25, 0.3) is 0 Å². The van der Waals surface area contributed by atoms with E-state index in [1.165, 1.54) is 0 Å². The first-order valence-corrected chi connectivity index (χ1v) is 7.85. The van der Waals surface area contributed by atoms with E-state index in [4.69, 9.17) is 14.2 Å². The molecule has 1 unspecified atom stereocenters. The van der Waals surface area contributed by atoms with Crippen LogP contribution in [0.5, 0.6) is 0 Å². The summed E-state index contributed by atoms with van der Waals surface area (Å²) in [5, 5.41) is 10.2. The van der Waals surface area contributed by atoms with Crippen LogP contribution in [-0.2, 0) is 26.6 Å². The summed E-state index contributed by atoms with van der Waals surface area (Å²) in [5.41, 5.74) is 2.87. The molecule has 0 aromatic heterocycles. The quantitative estimate of drug-likeness (QED) is 0.890. The van der Waals surface area contributed by atoms with E-state index < -0.39 is 11.9 Å². The van der Waals surface area contributed by atoms with Crippen LogP contribution in [0.3, 0.4) is 0 Å². The molecule has 2 aromatic carbocycles. The standard InChI is InChI=1S/C19H22O4/c1-19(22-11-12-23-19)17-9-7-16(8-10-17)18(20)14-21-13-15-5-3-2-4-6-15/h2-10,18,20H,11-14H2,1H3. The average molecular weight is 314 g/mol. The lowest BCUT2D eigenvalue weighted by Crippen LogP contribution is -2.22. The van der Waals surface area contributed by atoms with Crippen LogP contribution in [0.15, 0.2) is 54.6 Å². The topological polar surface area (TPSA) is 47.9 Å². The largest absolute Gasteiger partial charge is 0.386 e. The summed E-state index contributed by atoms with van der Waals surface area (Å²) in [6, 6.07) is 17.6. The fourth-order valence-corrected chi connectivity index (χ4v) is 2.65. The van der Waals surface area contributed by atoms with E-state index in [1.807, 2.05) is 61.5 Å². The van der Waals surface area contributed by atoms with Crippen LogP contribution >= 0.6 is 0 Å². The van der Waals surface area contributed by atoms with E-state index >= 15 is 0 Å². The molecule has 4 heteroatoms. The monoisotopic (exact) mass is 314 g/mol. The lowest BCUT2D eigenvalue weighted by molar-refractivity contribution is -0.149. The molecule has 0 spiro atoms. The maximum Gasteiger partial charge on any atom is 0.192 e. The number of hydrogen-bond donors (Lipinski definition) is 1. The lowest BCUT2D eigenvalue weighted by atomic mass is 10.0. The van der Waals surface area contributed by atoms with Crippen LogP contribution in [0.1, 0.15) is 29.7 Å². The van der Waals surface area contributed by atoms with Crippen LogP contribution < -0.4 is 0 Å². The van der Waals surface area contributed by atoms with Gasteiger partial charge in [0.2, 0.25) is 0 Å². The number of rotatable bonds is 6. The van der Waals surface area contributed by atoms with Gasteiger partial charge >= 0.3 is 0 Å². The van der Waals surface area contributed by atoms with Gasteiger partial charge < -0.3 is 19.3 Å². The fraction of sp³-hybridized carbons (Fsp3) is 0.368. The third-order valence-electron chi connectivity index (χ3n) is 4.05. The van der Waals surface area contributed by atoms with Gasteiger partial charge in [0, 0.05) is 5.56 Å². The van der Waals surface area contributed by atoms with E-state index in [-0.39, 0.29) is 6.61 Å². The minimum absolute atomic E-state index is 0.262. The summed E-state index contributed by atoms with van der Waals surface area (Å²) in [6.07, 6.45) is -0.647. The maximum absolute atomic E-state index is 10.2. The third kappa shape index (κ3) is 3.98. The van der Waals surface area contributed by atoms with E-state index in [2.05, 4.69) is 0 Å². The summed E-state index contributed by atoms with van der Waals surface area (Å²) in [6.45, 7) is 3.88. The molecule has 122 valence electrons. The number of aliphatic hydroxyl groups is 1. The van der Waals surface area contributed by atoms with Crippen molar-refractivity contribution < 1.29 is 19.3 Å². The van der Waals surface area contributed by atoms with Crippen molar-refractivity contribution in [1.29, 1.82) is 0 Å². The summed E-state index contributed by atoms with van der Waals surface area (Å²) in [4.78, 5) is 0. The number of hydrogen-bond acceptors (Lipinski definition) is 4. The Bertz CT molecular complexity index is 603. The number of ether oxygens (including phenoxy) is 3. The van der Waals surface area contributed by atoms with Gasteiger partial charge in [-0.1, -0.05) is 54.6 Å². The molecule has 1 N–H and O–H groups in total. The Balaban J connectivity index is 1.54. The van der Waals surface area contributed by atoms with Gasteiger partial charge in [-0.2, -0.15) is 0 Å². The smallest absolute Gasteiger partial charge is 0.192 e. The van der Waals surface area contributed by atoms with Crippen molar-refractivity contribution in [3.05, 3.63) is 71.3 Å². The summed E-state index contributed by atoms with van der Waals surface area (Å²) in [5.74, 6) is -0.673. The first-order chi connectivity index (χ1) is 11.2. The molecule has 4 nitrogen and oxygen atoms in total. The van der Waals surface area contributed by atoms with Gasteiger partial charge in [0.05, 0.1) is 26.4 Å². The van der Waals surface area contributed by atoms with Crippen LogP contribution in [0.4, 0.5) is 0 Å². The second kappa shape index (κ2) is 7.23. The SMILES string of the molecule is CC1(c2ccc(C(O)COCc3ccccc3)cc2)OCCO1. The molecular formula is C19H22O4. The van der Waals surface area contributed by atoms with Crippen molar-refractivity contribution in [2.75, 3.05) is 19.8 Å². The zero-order valence-corrected chi connectivity index (χ0v) is 13.3. The fourth-order valence-electron chi connectivity index (χ4n) is 2.65. The van der Waals surface area contributed by atoms with E-state index in [0.29, 0.717) is 19.8 Å². The average Bonchev–Trinajstić information content (AvgIpc) is 3.04. The summed E-state index contributed by atoms with van der Waals surface area (Å²) < 4.78 is 16.8. The first kappa shape index (κ1) is 16.1. The predicted molar refractivity (Wildman–Crippen MR) is 86.8 cm³/mol. The summed E-state index contributed by atoms with van der Waals surface area (Å²) >= 11 is 0. The van der Waals surface area contributed by atoms with Gasteiger partial charge in [0.15, 0.2) is 5.79 Å². The minimum atomic E-state index is -0.673. The van der Waals surface area contributed by atoms with Crippen molar-refractivity contribution in [3.63, 3.8) is 0 Å². The Labute approximate surface area is 136 Å². The molecule has 1 atom stereocenters. The molecular weight excluding hydrogens is 292 g/mol. The molecule has 23 heavy (non-hydrogen) atoms. The van der Waals surface area contributed by atoms with Crippen LogP contribution in [0.25, 0.3) is 0 Å². The molecule has 1 aliphatic heterocycles. The van der Waals surface area contributed by atoms with Gasteiger partial charge in [-0.3, -0.25) is 0 Å². The van der Waals surface area contributed by atoms with E-state index in [1.54, 1.807) is 0 Å². The molecule has 1 aliphatic rings. The lowest BCUT2D eigenvalue weighted by Gasteiger charge is -2.23. The van der Waals surface area contributed by atoms with Gasteiger partial charge in [0.1, 0.15) is 6.10 Å². The van der Waals surface area contributed by atoms with Gasteiger partial charge in [-0.05, 0) is 18.1 Å². The Morgan fingerprint density at radius 1 is 1.04 bits per heavy atom. The summed E-state index contributed by atoms with van der Waals surface area (Å²) in [7, 11) is 0. The zero-order chi connectivity index (χ0) is 16.1. The Morgan fingerprint density at radius 3 is 2.35 bits per heavy atom. The van der Waals surface area contributed by atoms with Crippen LogP contribution in [-0.4, -0.2) is 24.9 Å². The molecule has 0 saturated carbocycles. The van der Waals surface area contributed by atoms with Crippen molar-refractivity contribution in [3.8, 4) is 0 Å². The zero-order valence-electron chi connectivity index (χ0n) is 13.3.